The van der Waals surface area contributed by atoms with Crippen molar-refractivity contribution in [1.82, 2.24) is 0 Å². The Morgan fingerprint density at radius 2 is 1.30 bits per heavy atom. The summed E-state index contributed by atoms with van der Waals surface area (Å²) in [7, 11) is 0. The zero-order valence-corrected chi connectivity index (χ0v) is 4.94. The van der Waals surface area contributed by atoms with Crippen LogP contribution in [0.5, 0.6) is 11.5 Å². The van der Waals surface area contributed by atoms with Crippen molar-refractivity contribution in [3.05, 3.63) is 24.3 Å². The second-order valence-corrected chi connectivity index (χ2v) is 1.61. The minimum Gasteiger partial charge on any atom is -0.301 e. The average Bonchev–Trinajstić information content (AvgIpc) is 2.04. The quantitative estimate of drug-likeness (QED) is 0.456. The van der Waals surface area contributed by atoms with Crippen LogP contribution >= 0.6 is 0 Å². The lowest BCUT2D eigenvalue weighted by molar-refractivity contribution is -0.232. The standard InChI is InChI=1S/C6H4O4/c7-9-5-3-1-2-4-6(5)10-8/h1-4H. The molecule has 0 aromatic heterocycles. The van der Waals surface area contributed by atoms with E-state index in [1.165, 1.54) is 12.1 Å². The second kappa shape index (κ2) is 3.05. The zero-order chi connectivity index (χ0) is 7.40. The molecule has 2 radical (unpaired) electrons. The Labute approximate surface area is 57.1 Å². The Bertz CT molecular complexity index is 188. The van der Waals surface area contributed by atoms with Crippen LogP contribution in [0, 0.1) is 0 Å². The van der Waals surface area contributed by atoms with Gasteiger partial charge in [0.25, 0.3) is 0 Å². The molecule has 52 valence electrons. The first kappa shape index (κ1) is 6.85. The van der Waals surface area contributed by atoms with Gasteiger partial charge in [-0.1, -0.05) is 12.1 Å². The topological polar surface area (TPSA) is 58.3 Å². The molecule has 0 bridgehead atoms. The smallest absolute Gasteiger partial charge is 0.214 e. The Hall–Kier alpha value is -1.26. The molecule has 0 heterocycles. The van der Waals surface area contributed by atoms with Gasteiger partial charge in [-0.3, -0.25) is 0 Å². The van der Waals surface area contributed by atoms with Gasteiger partial charge < -0.3 is 9.78 Å². The molecule has 1 rings (SSSR count). The first-order chi connectivity index (χ1) is 4.88. The van der Waals surface area contributed by atoms with E-state index in [0.717, 1.165) is 0 Å². The van der Waals surface area contributed by atoms with Crippen LogP contribution in [0.1, 0.15) is 0 Å². The predicted octanol–water partition coefficient (Wildman–Crippen LogP) is 1.14. The van der Waals surface area contributed by atoms with Crippen LogP contribution in [0.4, 0.5) is 0 Å². The molecule has 10 heavy (non-hydrogen) atoms. The van der Waals surface area contributed by atoms with Gasteiger partial charge in [0.15, 0.2) is 0 Å². The maximum atomic E-state index is 9.79. The SMILES string of the molecule is [O]Oc1ccccc1O[O]. The van der Waals surface area contributed by atoms with E-state index in [1.54, 1.807) is 12.1 Å². The number of rotatable bonds is 2. The van der Waals surface area contributed by atoms with Gasteiger partial charge in [0.2, 0.25) is 11.5 Å². The molecular weight excluding hydrogens is 136 g/mol. The number of hydrogen-bond acceptors (Lipinski definition) is 2. The van der Waals surface area contributed by atoms with Crippen molar-refractivity contribution in [3.63, 3.8) is 0 Å². The summed E-state index contributed by atoms with van der Waals surface area (Å²) < 4.78 is 0. The van der Waals surface area contributed by atoms with E-state index in [4.69, 9.17) is 0 Å². The Kier molecular flexibility index (Phi) is 2.09. The van der Waals surface area contributed by atoms with Crippen molar-refractivity contribution < 1.29 is 20.3 Å². The van der Waals surface area contributed by atoms with Gasteiger partial charge in [0.05, 0.1) is 0 Å². The summed E-state index contributed by atoms with van der Waals surface area (Å²) in [6.07, 6.45) is 0. The van der Waals surface area contributed by atoms with E-state index in [-0.39, 0.29) is 11.5 Å². The summed E-state index contributed by atoms with van der Waals surface area (Å²) in [4.78, 5) is 7.12. The van der Waals surface area contributed by atoms with Crippen LogP contribution in [0.2, 0.25) is 0 Å². The van der Waals surface area contributed by atoms with Crippen LogP contribution in [0.3, 0.4) is 0 Å². The Balaban J connectivity index is 2.96. The predicted molar refractivity (Wildman–Crippen MR) is 29.1 cm³/mol. The third-order valence-corrected chi connectivity index (χ3v) is 1.03. The van der Waals surface area contributed by atoms with E-state index in [1.807, 2.05) is 0 Å². The average molecular weight is 140 g/mol. The molecule has 1 aromatic rings. The second-order valence-electron chi connectivity index (χ2n) is 1.61. The van der Waals surface area contributed by atoms with Crippen LogP contribution in [0.15, 0.2) is 24.3 Å². The molecule has 0 saturated heterocycles. The third kappa shape index (κ3) is 1.18. The maximum Gasteiger partial charge on any atom is 0.214 e. The summed E-state index contributed by atoms with van der Waals surface area (Å²) in [5.74, 6) is -0.199. The summed E-state index contributed by atoms with van der Waals surface area (Å²) in [6.45, 7) is 0. The molecule has 0 N–H and O–H groups in total. The van der Waals surface area contributed by atoms with Gasteiger partial charge in [-0.25, -0.2) is 0 Å². The molecule has 0 amide bonds. The summed E-state index contributed by atoms with van der Waals surface area (Å²) in [5.41, 5.74) is 0. The largest absolute Gasteiger partial charge is 0.301 e. The first-order valence-electron chi connectivity index (χ1n) is 2.57. The molecule has 4 heteroatoms. The minimum atomic E-state index is -0.0995. The molecular formula is C6H4O4. The van der Waals surface area contributed by atoms with Gasteiger partial charge >= 0.3 is 0 Å². The van der Waals surface area contributed by atoms with Crippen LogP contribution in [-0.4, -0.2) is 0 Å². The molecule has 0 aliphatic rings. The molecule has 4 nitrogen and oxygen atoms in total. The van der Waals surface area contributed by atoms with Crippen molar-refractivity contribution in [2.24, 2.45) is 0 Å². The lowest BCUT2D eigenvalue weighted by Gasteiger charge is -1.96. The van der Waals surface area contributed by atoms with E-state index < -0.39 is 0 Å². The molecule has 0 fully saturated rings. The lowest BCUT2D eigenvalue weighted by atomic mass is 10.3. The van der Waals surface area contributed by atoms with Crippen LogP contribution < -0.4 is 9.78 Å². The molecule has 0 spiro atoms. The first-order valence-corrected chi connectivity index (χ1v) is 2.57. The third-order valence-electron chi connectivity index (χ3n) is 1.03. The van der Waals surface area contributed by atoms with Crippen molar-refractivity contribution >= 4 is 0 Å². The van der Waals surface area contributed by atoms with E-state index in [0.29, 0.717) is 0 Å². The fourth-order valence-electron chi connectivity index (χ4n) is 0.588. The fraction of sp³-hybridized carbons (Fsp3) is 0. The number of hydrogen-bond donors (Lipinski definition) is 0. The number of para-hydroxylation sites is 2. The van der Waals surface area contributed by atoms with Crippen molar-refractivity contribution in [3.8, 4) is 11.5 Å². The van der Waals surface area contributed by atoms with Gasteiger partial charge in [-0.05, 0) is 12.1 Å². The van der Waals surface area contributed by atoms with E-state index in [9.17, 15) is 10.5 Å². The van der Waals surface area contributed by atoms with Crippen molar-refractivity contribution in [2.45, 2.75) is 0 Å². The molecule has 0 saturated carbocycles. The van der Waals surface area contributed by atoms with E-state index in [2.05, 4.69) is 9.78 Å². The fourth-order valence-corrected chi connectivity index (χ4v) is 0.588. The normalized spacial score (nSPS) is 9.00. The highest BCUT2D eigenvalue weighted by atomic mass is 17.1. The Morgan fingerprint density at radius 3 is 1.60 bits per heavy atom. The summed E-state index contributed by atoms with van der Waals surface area (Å²) in [5, 5.41) is 19.6. The molecule has 1 aromatic carbocycles. The zero-order valence-electron chi connectivity index (χ0n) is 4.94. The maximum absolute atomic E-state index is 9.79. The van der Waals surface area contributed by atoms with Crippen LogP contribution in [-0.2, 0) is 10.5 Å². The summed E-state index contributed by atoms with van der Waals surface area (Å²) in [6, 6.07) is 5.83. The molecule has 0 aliphatic heterocycles. The molecule has 0 unspecified atom stereocenters. The Morgan fingerprint density at radius 1 is 0.900 bits per heavy atom. The van der Waals surface area contributed by atoms with Crippen LogP contribution in [0.25, 0.3) is 0 Å². The highest BCUT2D eigenvalue weighted by Crippen LogP contribution is 2.24. The monoisotopic (exact) mass is 140 g/mol. The molecule has 0 atom stereocenters. The summed E-state index contributed by atoms with van der Waals surface area (Å²) >= 11 is 0. The van der Waals surface area contributed by atoms with Gasteiger partial charge in [-0.2, -0.15) is 0 Å². The van der Waals surface area contributed by atoms with E-state index >= 15 is 0 Å². The van der Waals surface area contributed by atoms with Gasteiger partial charge in [0.1, 0.15) is 0 Å². The van der Waals surface area contributed by atoms with Crippen molar-refractivity contribution in [1.29, 1.82) is 0 Å². The highest BCUT2D eigenvalue weighted by molar-refractivity contribution is 5.38. The molecule has 0 aliphatic carbocycles. The van der Waals surface area contributed by atoms with Gasteiger partial charge in [0, 0.05) is 10.5 Å². The lowest BCUT2D eigenvalue weighted by Crippen LogP contribution is -1.87. The van der Waals surface area contributed by atoms with Gasteiger partial charge in [-0.15, -0.1) is 0 Å². The number of benzene rings is 1. The van der Waals surface area contributed by atoms with Crippen molar-refractivity contribution in [2.75, 3.05) is 0 Å². The minimum absolute atomic E-state index is 0.0995. The highest BCUT2D eigenvalue weighted by Gasteiger charge is 2.03.